The van der Waals surface area contributed by atoms with Crippen LogP contribution in [0.1, 0.15) is 6.42 Å². The van der Waals surface area contributed by atoms with Crippen molar-refractivity contribution in [3.63, 3.8) is 0 Å². The molecule has 0 amide bonds. The smallest absolute Gasteiger partial charge is 0.368 e. The summed E-state index contributed by atoms with van der Waals surface area (Å²) in [7, 11) is 0. The van der Waals surface area contributed by atoms with Gasteiger partial charge in [0.25, 0.3) is 0 Å². The molecule has 1 rings (SSSR count). The third kappa shape index (κ3) is 3.00. The second-order valence-corrected chi connectivity index (χ2v) is 4.35. The first-order chi connectivity index (χ1) is 8.21. The molecule has 4 N–H and O–H groups in total. The molecule has 3 atom stereocenters. The number of halogens is 7. The maximum absolute atomic E-state index is 13.1. The lowest BCUT2D eigenvalue weighted by Crippen LogP contribution is -2.76. The van der Waals surface area contributed by atoms with E-state index in [4.69, 9.17) is 0 Å². The van der Waals surface area contributed by atoms with E-state index in [-0.39, 0.29) is 0 Å². The van der Waals surface area contributed by atoms with Gasteiger partial charge >= 0.3 is 12.4 Å². The Hall–Kier alpha value is -0.880. The molecule has 0 aliphatic carbocycles. The Balaban J connectivity index is 3.14. The molecule has 112 valence electrons. The minimum Gasteiger partial charge on any atom is -0.368 e. The molecule has 0 aromatic carbocycles. The van der Waals surface area contributed by atoms with Gasteiger partial charge in [-0.15, -0.1) is 0 Å². The van der Waals surface area contributed by atoms with Gasteiger partial charge in [0.1, 0.15) is 0 Å². The third-order valence-electron chi connectivity index (χ3n) is 2.35. The summed E-state index contributed by atoms with van der Waals surface area (Å²) in [6, 6.07) is 0. The van der Waals surface area contributed by atoms with E-state index in [2.05, 4.69) is 12.2 Å². The molecule has 3 unspecified atom stereocenters. The topological polar surface area (TPSA) is 64.5 Å². The van der Waals surface area contributed by atoms with E-state index in [1.165, 1.54) is 10.6 Å². The van der Waals surface area contributed by atoms with Crippen molar-refractivity contribution in [1.29, 1.82) is 0 Å². The van der Waals surface area contributed by atoms with Gasteiger partial charge < -0.3 is 20.8 Å². The standard InChI is InChI=1S/C7H7F7N2O2S/c8-2(6(9,10)11)4(17)1-5(18,7(12,13)14)16-3(19)15-4/h2,17-18H,1H2,(H2,15,16,19). The van der Waals surface area contributed by atoms with Crippen LogP contribution in [-0.2, 0) is 0 Å². The van der Waals surface area contributed by atoms with Crippen LogP contribution in [0.15, 0.2) is 0 Å². The summed E-state index contributed by atoms with van der Waals surface area (Å²) in [6.07, 6.45) is -17.2. The summed E-state index contributed by atoms with van der Waals surface area (Å²) < 4.78 is 87.0. The van der Waals surface area contributed by atoms with E-state index in [0.717, 1.165) is 0 Å². The van der Waals surface area contributed by atoms with Gasteiger partial charge in [0.2, 0.25) is 11.9 Å². The molecule has 1 fully saturated rings. The zero-order chi connectivity index (χ0) is 15.3. The minimum atomic E-state index is -5.64. The van der Waals surface area contributed by atoms with E-state index in [1.807, 2.05) is 0 Å². The monoisotopic (exact) mass is 316 g/mol. The molecule has 1 aliphatic heterocycles. The van der Waals surface area contributed by atoms with Gasteiger partial charge in [-0.05, 0) is 12.2 Å². The number of hydrogen-bond acceptors (Lipinski definition) is 3. The molecule has 1 saturated heterocycles. The highest BCUT2D eigenvalue weighted by Crippen LogP contribution is 2.41. The second kappa shape index (κ2) is 4.31. The SMILES string of the molecule is OC1(C(F)C(F)(F)F)CC(O)(C(F)(F)F)NC(=S)N1. The van der Waals surface area contributed by atoms with Gasteiger partial charge in [0.15, 0.2) is 10.8 Å². The zero-order valence-electron chi connectivity index (χ0n) is 8.73. The number of rotatable bonds is 1. The maximum Gasteiger partial charge on any atom is 0.436 e. The van der Waals surface area contributed by atoms with E-state index >= 15 is 0 Å². The first-order valence-corrected chi connectivity index (χ1v) is 4.95. The van der Waals surface area contributed by atoms with Crippen LogP contribution < -0.4 is 10.6 Å². The largest absolute Gasteiger partial charge is 0.436 e. The van der Waals surface area contributed by atoms with Crippen LogP contribution in [0.4, 0.5) is 30.7 Å². The highest BCUT2D eigenvalue weighted by molar-refractivity contribution is 7.80. The average molecular weight is 316 g/mol. The van der Waals surface area contributed by atoms with E-state index in [0.29, 0.717) is 0 Å². The Morgan fingerprint density at radius 3 is 1.95 bits per heavy atom. The second-order valence-electron chi connectivity index (χ2n) is 3.94. The summed E-state index contributed by atoms with van der Waals surface area (Å²) >= 11 is 4.14. The number of hydrogen-bond donors (Lipinski definition) is 4. The van der Waals surface area contributed by atoms with Crippen LogP contribution in [0, 0.1) is 0 Å². The highest BCUT2D eigenvalue weighted by Gasteiger charge is 2.66. The number of aliphatic hydroxyl groups is 2. The van der Waals surface area contributed by atoms with Crippen molar-refractivity contribution in [3.8, 4) is 0 Å². The number of thiocarbonyl (C=S) groups is 1. The van der Waals surface area contributed by atoms with Gasteiger partial charge in [0, 0.05) is 0 Å². The first kappa shape index (κ1) is 16.2. The van der Waals surface area contributed by atoms with Crippen LogP contribution >= 0.6 is 12.2 Å². The lowest BCUT2D eigenvalue weighted by Gasteiger charge is -2.46. The molecule has 0 radical (unpaired) electrons. The number of nitrogens with one attached hydrogen (secondary N) is 2. The van der Waals surface area contributed by atoms with Crippen LogP contribution in [0.25, 0.3) is 0 Å². The Bertz CT molecular complexity index is 387. The van der Waals surface area contributed by atoms with Crippen molar-refractivity contribution in [2.45, 2.75) is 36.4 Å². The van der Waals surface area contributed by atoms with E-state index in [1.54, 1.807) is 0 Å². The van der Waals surface area contributed by atoms with Crippen molar-refractivity contribution in [2.75, 3.05) is 0 Å². The lowest BCUT2D eigenvalue weighted by molar-refractivity contribution is -0.307. The van der Waals surface area contributed by atoms with Gasteiger partial charge in [-0.1, -0.05) is 0 Å². The molecule has 1 aliphatic rings. The molecule has 0 aromatic rings. The zero-order valence-corrected chi connectivity index (χ0v) is 9.55. The van der Waals surface area contributed by atoms with Gasteiger partial charge in [-0.25, -0.2) is 4.39 Å². The van der Waals surface area contributed by atoms with Crippen LogP contribution in [0.2, 0.25) is 0 Å². The normalized spacial score (nSPS) is 34.5. The Labute approximate surface area is 106 Å². The fourth-order valence-corrected chi connectivity index (χ4v) is 1.83. The molecule has 1 heterocycles. The molecule has 0 saturated carbocycles. The Morgan fingerprint density at radius 2 is 1.58 bits per heavy atom. The molecular weight excluding hydrogens is 309 g/mol. The average Bonchev–Trinajstić information content (AvgIpc) is 2.11. The summed E-state index contributed by atoms with van der Waals surface area (Å²) in [5.74, 6) is 0. The molecule has 0 spiro atoms. The van der Waals surface area contributed by atoms with Crippen molar-refractivity contribution in [1.82, 2.24) is 10.6 Å². The van der Waals surface area contributed by atoms with Crippen molar-refractivity contribution in [3.05, 3.63) is 0 Å². The number of alkyl halides is 7. The minimum absolute atomic E-state index is 1.17. The molecule has 0 aromatic heterocycles. The van der Waals surface area contributed by atoms with E-state index < -0.39 is 41.5 Å². The quantitative estimate of drug-likeness (QED) is 0.424. The van der Waals surface area contributed by atoms with Gasteiger partial charge in [-0.2, -0.15) is 26.3 Å². The summed E-state index contributed by atoms with van der Waals surface area (Å²) in [6.45, 7) is 0. The maximum atomic E-state index is 13.1. The molecule has 12 heteroatoms. The molecule has 4 nitrogen and oxygen atoms in total. The Kier molecular flexibility index (Phi) is 3.67. The van der Waals surface area contributed by atoms with Gasteiger partial charge in [0.05, 0.1) is 6.42 Å². The van der Waals surface area contributed by atoms with Crippen LogP contribution in [0.3, 0.4) is 0 Å². The first-order valence-electron chi connectivity index (χ1n) is 4.54. The predicted molar refractivity (Wildman–Crippen MR) is 50.4 cm³/mol. The highest BCUT2D eigenvalue weighted by atomic mass is 32.1. The summed E-state index contributed by atoms with van der Waals surface area (Å²) in [5.41, 5.74) is -7.70. The Morgan fingerprint density at radius 1 is 1.11 bits per heavy atom. The summed E-state index contributed by atoms with van der Waals surface area (Å²) in [4.78, 5) is 0. The fraction of sp³-hybridized carbons (Fsp3) is 0.857. The van der Waals surface area contributed by atoms with Crippen molar-refractivity contribution >= 4 is 17.3 Å². The molecule has 19 heavy (non-hydrogen) atoms. The van der Waals surface area contributed by atoms with Crippen molar-refractivity contribution in [2.24, 2.45) is 0 Å². The lowest BCUT2D eigenvalue weighted by atomic mass is 9.92. The molecule has 0 bridgehead atoms. The predicted octanol–water partition coefficient (Wildman–Crippen LogP) is 0.694. The summed E-state index contributed by atoms with van der Waals surface area (Å²) in [5, 5.41) is 20.0. The van der Waals surface area contributed by atoms with E-state index in [9.17, 15) is 40.9 Å². The van der Waals surface area contributed by atoms with Crippen LogP contribution in [0.5, 0.6) is 0 Å². The van der Waals surface area contributed by atoms with Crippen molar-refractivity contribution < 1.29 is 40.9 Å². The van der Waals surface area contributed by atoms with Crippen LogP contribution in [-0.4, -0.2) is 45.3 Å². The fourth-order valence-electron chi connectivity index (χ4n) is 1.49. The molecular formula is C7H7F7N2O2S. The third-order valence-corrected chi connectivity index (χ3v) is 2.56. The van der Waals surface area contributed by atoms with Gasteiger partial charge in [-0.3, -0.25) is 0 Å².